The van der Waals surface area contributed by atoms with E-state index in [4.69, 9.17) is 4.98 Å². The van der Waals surface area contributed by atoms with Crippen molar-refractivity contribution in [3.8, 4) is 0 Å². The van der Waals surface area contributed by atoms with Gasteiger partial charge in [0.05, 0.1) is 23.9 Å². The van der Waals surface area contributed by atoms with Gasteiger partial charge in [-0.2, -0.15) is 13.2 Å². The Hall–Kier alpha value is -3.21. The molecule has 1 unspecified atom stereocenters. The molecule has 206 valence electrons. The molecular weight excluding hydrogens is 504 g/mol. The Bertz CT molecular complexity index is 1160. The first kappa shape index (κ1) is 27.8. The van der Waals surface area contributed by atoms with Gasteiger partial charge in [-0.05, 0) is 87.0 Å². The van der Waals surface area contributed by atoms with Crippen LogP contribution in [-0.4, -0.2) is 53.0 Å². The number of piperidine rings is 1. The summed E-state index contributed by atoms with van der Waals surface area (Å²) < 4.78 is 53.5. The summed E-state index contributed by atoms with van der Waals surface area (Å²) in [6.45, 7) is 2.96. The zero-order chi connectivity index (χ0) is 27.3. The number of nitrogens with zero attached hydrogens (tertiary/aromatic N) is 2. The molecule has 0 radical (unpaired) electrons. The molecule has 0 aliphatic carbocycles. The minimum absolute atomic E-state index is 0.229. The van der Waals surface area contributed by atoms with E-state index >= 15 is 0 Å². The molecule has 3 N–H and O–H groups in total. The van der Waals surface area contributed by atoms with E-state index in [1.54, 1.807) is 0 Å². The van der Waals surface area contributed by atoms with Gasteiger partial charge in [-0.15, -0.1) is 0 Å². The number of aliphatic carboxylic acids is 1. The summed E-state index contributed by atoms with van der Waals surface area (Å²) in [6.07, 6.45) is -0.336. The van der Waals surface area contributed by atoms with Crippen LogP contribution in [0.4, 0.5) is 23.4 Å². The van der Waals surface area contributed by atoms with Crippen molar-refractivity contribution in [1.29, 1.82) is 0 Å². The van der Waals surface area contributed by atoms with Crippen molar-refractivity contribution in [1.82, 2.24) is 15.2 Å². The van der Waals surface area contributed by atoms with Gasteiger partial charge in [-0.25, -0.2) is 9.37 Å². The number of anilines is 1. The number of hydrogen-bond donors (Lipinski definition) is 3. The first-order valence-corrected chi connectivity index (χ1v) is 12.9. The van der Waals surface area contributed by atoms with Gasteiger partial charge in [0.25, 0.3) is 0 Å². The Kier molecular flexibility index (Phi) is 8.86. The molecule has 2 aliphatic rings. The van der Waals surface area contributed by atoms with Crippen LogP contribution in [0.15, 0.2) is 30.3 Å². The highest BCUT2D eigenvalue weighted by molar-refractivity contribution is 5.80. The molecule has 2 aromatic rings. The number of aromatic nitrogens is 1. The van der Waals surface area contributed by atoms with Crippen LogP contribution in [0.2, 0.25) is 0 Å². The Balaban J connectivity index is 1.35. The Labute approximate surface area is 218 Å². The largest absolute Gasteiger partial charge is 0.481 e. The predicted octanol–water partition coefficient (Wildman–Crippen LogP) is 4.57. The maximum absolute atomic E-state index is 13.9. The van der Waals surface area contributed by atoms with Crippen molar-refractivity contribution in [3.05, 3.63) is 58.5 Å². The molecule has 1 fully saturated rings. The lowest BCUT2D eigenvalue weighted by Gasteiger charge is -2.33. The third kappa shape index (κ3) is 7.43. The van der Waals surface area contributed by atoms with Crippen LogP contribution in [0.25, 0.3) is 0 Å². The van der Waals surface area contributed by atoms with Crippen molar-refractivity contribution in [3.63, 3.8) is 0 Å². The third-order valence-corrected chi connectivity index (χ3v) is 7.08. The number of alkyl halides is 3. The number of halogens is 4. The topological polar surface area (TPSA) is 94.6 Å². The highest BCUT2D eigenvalue weighted by Crippen LogP contribution is 2.32. The quantitative estimate of drug-likeness (QED) is 0.407. The highest BCUT2D eigenvalue weighted by atomic mass is 19.4. The van der Waals surface area contributed by atoms with Crippen LogP contribution < -0.4 is 10.6 Å². The van der Waals surface area contributed by atoms with Crippen molar-refractivity contribution < 1.29 is 32.3 Å². The predicted molar refractivity (Wildman–Crippen MR) is 133 cm³/mol. The maximum atomic E-state index is 13.9. The molecular formula is C27H32F4N4O3. The Morgan fingerprint density at radius 1 is 1.21 bits per heavy atom. The van der Waals surface area contributed by atoms with Crippen molar-refractivity contribution in [2.45, 2.75) is 57.2 Å². The first-order valence-electron chi connectivity index (χ1n) is 12.9. The summed E-state index contributed by atoms with van der Waals surface area (Å²) in [7, 11) is 0. The van der Waals surface area contributed by atoms with Crippen molar-refractivity contribution in [2.75, 3.05) is 31.5 Å². The fourth-order valence-corrected chi connectivity index (χ4v) is 5.16. The molecule has 38 heavy (non-hydrogen) atoms. The highest BCUT2D eigenvalue weighted by Gasteiger charge is 2.33. The normalized spacial score (nSPS) is 18.8. The Morgan fingerprint density at radius 2 is 2.03 bits per heavy atom. The number of likely N-dealkylation sites (tertiary alicyclic amines) is 1. The number of rotatable bonds is 9. The van der Waals surface area contributed by atoms with E-state index in [1.165, 1.54) is 5.56 Å². The molecule has 4 rings (SSSR count). The summed E-state index contributed by atoms with van der Waals surface area (Å²) in [4.78, 5) is 31.3. The van der Waals surface area contributed by atoms with E-state index < -0.39 is 47.8 Å². The van der Waals surface area contributed by atoms with E-state index in [0.717, 1.165) is 69.3 Å². The van der Waals surface area contributed by atoms with Gasteiger partial charge in [0, 0.05) is 18.8 Å². The first-order chi connectivity index (χ1) is 18.1. The average Bonchev–Trinajstić information content (AvgIpc) is 2.87. The number of hydrogen-bond acceptors (Lipinski definition) is 5. The van der Waals surface area contributed by atoms with Crippen LogP contribution >= 0.6 is 0 Å². The van der Waals surface area contributed by atoms with Crippen molar-refractivity contribution in [2.24, 2.45) is 5.92 Å². The monoisotopic (exact) mass is 536 g/mol. The van der Waals surface area contributed by atoms with Crippen LogP contribution in [0.1, 0.15) is 60.5 Å². The lowest BCUT2D eigenvalue weighted by molar-refractivity contribution is -0.138. The van der Waals surface area contributed by atoms with E-state index in [1.807, 2.05) is 0 Å². The molecule has 2 atom stereocenters. The van der Waals surface area contributed by atoms with E-state index in [0.29, 0.717) is 25.1 Å². The molecule has 1 aromatic carbocycles. The summed E-state index contributed by atoms with van der Waals surface area (Å²) >= 11 is 0. The fraction of sp³-hybridized carbons (Fsp3) is 0.519. The molecule has 1 aromatic heterocycles. The molecule has 0 saturated carbocycles. The SMILES string of the molecule is O=C(O)CC(NC(=O)[C@@H]1CCCN(CCCc2ccc3c(n2)NCCC3)C1)c1cc(F)cc(C(F)(F)F)c1. The zero-order valence-electron chi connectivity index (χ0n) is 21.0. The van der Waals surface area contributed by atoms with Gasteiger partial charge in [0.2, 0.25) is 5.91 Å². The number of benzene rings is 1. The summed E-state index contributed by atoms with van der Waals surface area (Å²) in [5.41, 5.74) is 0.784. The van der Waals surface area contributed by atoms with Crippen LogP contribution in [0.5, 0.6) is 0 Å². The van der Waals surface area contributed by atoms with Gasteiger partial charge >= 0.3 is 12.1 Å². The lowest BCUT2D eigenvalue weighted by atomic mass is 9.95. The third-order valence-electron chi connectivity index (χ3n) is 7.08. The number of amides is 1. The average molecular weight is 537 g/mol. The number of aryl methyl sites for hydroxylation is 2. The second-order valence-electron chi connectivity index (χ2n) is 10.0. The van der Waals surface area contributed by atoms with Gasteiger partial charge in [-0.3, -0.25) is 9.59 Å². The second kappa shape index (κ2) is 12.1. The smallest absolute Gasteiger partial charge is 0.416 e. The van der Waals surface area contributed by atoms with Gasteiger partial charge in [0.1, 0.15) is 11.6 Å². The summed E-state index contributed by atoms with van der Waals surface area (Å²) in [5.74, 6) is -2.39. The van der Waals surface area contributed by atoms with Crippen LogP contribution in [0.3, 0.4) is 0 Å². The van der Waals surface area contributed by atoms with Crippen molar-refractivity contribution >= 4 is 17.7 Å². The minimum atomic E-state index is -4.80. The van der Waals surface area contributed by atoms with E-state index in [9.17, 15) is 32.3 Å². The zero-order valence-corrected chi connectivity index (χ0v) is 21.0. The minimum Gasteiger partial charge on any atom is -0.481 e. The number of carboxylic acid groups (broad SMARTS) is 1. The molecule has 3 heterocycles. The van der Waals surface area contributed by atoms with Gasteiger partial charge in [-0.1, -0.05) is 6.07 Å². The molecule has 0 bridgehead atoms. The lowest BCUT2D eigenvalue weighted by Crippen LogP contribution is -2.44. The van der Waals surface area contributed by atoms with E-state index in [-0.39, 0.29) is 5.56 Å². The fourth-order valence-electron chi connectivity index (χ4n) is 5.16. The summed E-state index contributed by atoms with van der Waals surface area (Å²) in [6, 6.07) is 4.76. The van der Waals surface area contributed by atoms with Crippen LogP contribution in [0, 0.1) is 11.7 Å². The molecule has 0 spiro atoms. The van der Waals surface area contributed by atoms with E-state index in [2.05, 4.69) is 27.7 Å². The number of carboxylic acids is 1. The van der Waals surface area contributed by atoms with Gasteiger partial charge < -0.3 is 20.6 Å². The maximum Gasteiger partial charge on any atom is 0.416 e. The molecule has 7 nitrogen and oxygen atoms in total. The number of pyridine rings is 1. The number of carbonyl (C=O) groups is 2. The number of nitrogens with one attached hydrogen (secondary N) is 2. The van der Waals surface area contributed by atoms with Gasteiger partial charge in [0.15, 0.2) is 0 Å². The number of carbonyl (C=O) groups excluding carboxylic acids is 1. The molecule has 1 amide bonds. The molecule has 11 heteroatoms. The number of fused-ring (bicyclic) bond motifs is 1. The summed E-state index contributed by atoms with van der Waals surface area (Å²) in [5, 5.41) is 15.2. The Morgan fingerprint density at radius 3 is 2.79 bits per heavy atom. The standard InChI is InChI=1S/C27H32F4N4O3/c28-21-13-19(12-20(14-21)27(29,30)31)23(15-24(36)37)34-26(38)18-5-2-10-35(16-18)11-3-6-22-8-7-17-4-1-9-32-25(17)33-22/h7-8,12-14,18,23H,1-6,9-11,15-16H2,(H,32,33)(H,34,38)(H,36,37)/t18-,23?/m1/s1. The molecule has 2 aliphatic heterocycles. The molecule has 1 saturated heterocycles. The second-order valence-corrected chi connectivity index (χ2v) is 10.0. The van der Waals surface area contributed by atoms with Crippen LogP contribution in [-0.2, 0) is 28.6 Å².